The van der Waals surface area contributed by atoms with Gasteiger partial charge in [0.05, 0.1) is 13.2 Å². The molecular weight excluding hydrogens is 244 g/mol. The zero-order valence-corrected chi connectivity index (χ0v) is 11.5. The van der Waals surface area contributed by atoms with E-state index in [0.29, 0.717) is 0 Å². The Morgan fingerprint density at radius 2 is 1.72 bits per heavy atom. The average Bonchev–Trinajstić information content (AvgIpc) is 2.88. The van der Waals surface area contributed by atoms with Gasteiger partial charge in [-0.2, -0.15) is 0 Å². The maximum Gasteiger partial charge on any atom is 0.168 e. The molecule has 18 heavy (non-hydrogen) atoms. The van der Waals surface area contributed by atoms with E-state index in [1.165, 1.54) is 23.5 Å². The summed E-state index contributed by atoms with van der Waals surface area (Å²) in [6.07, 6.45) is 4.62. The Balaban J connectivity index is 1.46. The van der Waals surface area contributed by atoms with Gasteiger partial charge < -0.3 is 9.47 Å². The van der Waals surface area contributed by atoms with Crippen LogP contribution in [0.4, 0.5) is 0 Å². The second kappa shape index (κ2) is 5.64. The number of ether oxygens (including phenoxy) is 2. The molecule has 1 spiro atoms. The van der Waals surface area contributed by atoms with E-state index in [4.69, 9.17) is 9.47 Å². The third-order valence-electron chi connectivity index (χ3n) is 3.91. The van der Waals surface area contributed by atoms with Crippen molar-refractivity contribution in [1.82, 2.24) is 0 Å². The molecule has 1 aromatic rings. The molecule has 98 valence electrons. The number of thioether (sulfide) groups is 1. The fourth-order valence-electron chi connectivity index (χ4n) is 2.80. The van der Waals surface area contributed by atoms with Crippen LogP contribution in [0.15, 0.2) is 35.2 Å². The molecule has 1 aliphatic carbocycles. The predicted octanol–water partition coefficient (Wildman–Crippen LogP) is 3.71. The molecule has 2 fully saturated rings. The van der Waals surface area contributed by atoms with E-state index >= 15 is 0 Å². The van der Waals surface area contributed by atoms with Crippen LogP contribution in [-0.4, -0.2) is 24.8 Å². The first-order valence-electron chi connectivity index (χ1n) is 6.82. The average molecular weight is 264 g/mol. The number of hydrogen-bond acceptors (Lipinski definition) is 3. The summed E-state index contributed by atoms with van der Waals surface area (Å²) in [5.41, 5.74) is 0. The van der Waals surface area contributed by atoms with Gasteiger partial charge in [0.25, 0.3) is 0 Å². The van der Waals surface area contributed by atoms with Gasteiger partial charge in [-0.3, -0.25) is 0 Å². The van der Waals surface area contributed by atoms with Gasteiger partial charge in [-0.05, 0) is 30.9 Å². The van der Waals surface area contributed by atoms with Gasteiger partial charge in [0.15, 0.2) is 5.79 Å². The second-order valence-corrected chi connectivity index (χ2v) is 6.27. The van der Waals surface area contributed by atoms with Gasteiger partial charge in [0, 0.05) is 23.5 Å². The van der Waals surface area contributed by atoms with Crippen LogP contribution in [0.25, 0.3) is 0 Å². The summed E-state index contributed by atoms with van der Waals surface area (Å²) in [5.74, 6) is 1.84. The van der Waals surface area contributed by atoms with Gasteiger partial charge >= 0.3 is 0 Å². The fourth-order valence-corrected chi connectivity index (χ4v) is 3.91. The Morgan fingerprint density at radius 3 is 2.39 bits per heavy atom. The topological polar surface area (TPSA) is 18.5 Å². The van der Waals surface area contributed by atoms with E-state index in [1.54, 1.807) is 0 Å². The minimum Gasteiger partial charge on any atom is -0.348 e. The van der Waals surface area contributed by atoms with Gasteiger partial charge in [0.2, 0.25) is 0 Å². The van der Waals surface area contributed by atoms with E-state index in [2.05, 4.69) is 30.3 Å². The molecule has 2 aliphatic rings. The smallest absolute Gasteiger partial charge is 0.168 e. The molecule has 1 saturated carbocycles. The molecule has 1 saturated heterocycles. The van der Waals surface area contributed by atoms with Crippen molar-refractivity contribution < 1.29 is 9.47 Å². The summed E-state index contributed by atoms with van der Waals surface area (Å²) >= 11 is 1.98. The summed E-state index contributed by atoms with van der Waals surface area (Å²) in [6, 6.07) is 10.7. The highest BCUT2D eigenvalue weighted by Gasteiger charge is 2.40. The maximum atomic E-state index is 5.76. The zero-order chi connectivity index (χ0) is 12.3. The molecule has 0 amide bonds. The Hall–Kier alpha value is -0.510. The summed E-state index contributed by atoms with van der Waals surface area (Å²) in [5, 5.41) is 0. The van der Waals surface area contributed by atoms with Gasteiger partial charge in [-0.1, -0.05) is 18.2 Å². The minimum absolute atomic E-state index is 0.200. The van der Waals surface area contributed by atoms with E-state index in [1.807, 2.05) is 11.8 Å². The molecule has 3 heteroatoms. The monoisotopic (exact) mass is 264 g/mol. The Morgan fingerprint density at radius 1 is 1.06 bits per heavy atom. The van der Waals surface area contributed by atoms with E-state index < -0.39 is 0 Å². The summed E-state index contributed by atoms with van der Waals surface area (Å²) in [7, 11) is 0. The molecule has 0 atom stereocenters. The first-order chi connectivity index (χ1) is 8.86. The number of benzene rings is 1. The first-order valence-corrected chi connectivity index (χ1v) is 7.81. The van der Waals surface area contributed by atoms with Crippen molar-refractivity contribution in [3.05, 3.63) is 30.3 Å². The van der Waals surface area contributed by atoms with Crippen LogP contribution in [0.5, 0.6) is 0 Å². The molecule has 2 nitrogen and oxygen atoms in total. The molecule has 0 N–H and O–H groups in total. The van der Waals surface area contributed by atoms with Crippen molar-refractivity contribution >= 4 is 11.8 Å². The SMILES string of the molecule is c1ccc(SCC2CCC3(CC2)OCCO3)cc1. The molecule has 0 bridgehead atoms. The Kier molecular flexibility index (Phi) is 3.92. The van der Waals surface area contributed by atoms with E-state index in [-0.39, 0.29) is 5.79 Å². The van der Waals surface area contributed by atoms with Crippen molar-refractivity contribution in [2.45, 2.75) is 36.4 Å². The third kappa shape index (κ3) is 2.90. The lowest BCUT2D eigenvalue weighted by atomic mass is 9.86. The molecule has 1 heterocycles. The molecule has 0 radical (unpaired) electrons. The highest BCUT2D eigenvalue weighted by molar-refractivity contribution is 7.99. The third-order valence-corrected chi connectivity index (χ3v) is 5.15. The van der Waals surface area contributed by atoms with Crippen LogP contribution in [-0.2, 0) is 9.47 Å². The van der Waals surface area contributed by atoms with Crippen LogP contribution < -0.4 is 0 Å². The van der Waals surface area contributed by atoms with Crippen LogP contribution in [0.3, 0.4) is 0 Å². The lowest BCUT2D eigenvalue weighted by Gasteiger charge is -2.35. The van der Waals surface area contributed by atoms with E-state index in [9.17, 15) is 0 Å². The van der Waals surface area contributed by atoms with Gasteiger partial charge in [0.1, 0.15) is 0 Å². The summed E-state index contributed by atoms with van der Waals surface area (Å²) < 4.78 is 11.5. The Labute approximate surface area is 113 Å². The maximum absolute atomic E-state index is 5.76. The van der Waals surface area contributed by atoms with Crippen LogP contribution in [0.1, 0.15) is 25.7 Å². The Bertz CT molecular complexity index is 363. The molecule has 0 aromatic heterocycles. The normalized spacial score (nSPS) is 23.6. The van der Waals surface area contributed by atoms with Crippen LogP contribution in [0.2, 0.25) is 0 Å². The van der Waals surface area contributed by atoms with Crippen molar-refractivity contribution in [3.8, 4) is 0 Å². The first kappa shape index (κ1) is 12.5. The number of hydrogen-bond donors (Lipinski definition) is 0. The lowest BCUT2D eigenvalue weighted by molar-refractivity contribution is -0.181. The fraction of sp³-hybridized carbons (Fsp3) is 0.600. The van der Waals surface area contributed by atoms with Crippen molar-refractivity contribution in [2.75, 3.05) is 19.0 Å². The van der Waals surface area contributed by atoms with Crippen molar-refractivity contribution in [1.29, 1.82) is 0 Å². The molecule has 1 aromatic carbocycles. The highest BCUT2D eigenvalue weighted by atomic mass is 32.2. The van der Waals surface area contributed by atoms with Crippen LogP contribution in [0, 0.1) is 5.92 Å². The second-order valence-electron chi connectivity index (χ2n) is 5.18. The summed E-state index contributed by atoms with van der Waals surface area (Å²) in [6.45, 7) is 1.56. The highest BCUT2D eigenvalue weighted by Crippen LogP contribution is 2.39. The summed E-state index contributed by atoms with van der Waals surface area (Å²) in [4.78, 5) is 1.38. The molecule has 1 aliphatic heterocycles. The van der Waals surface area contributed by atoms with Crippen molar-refractivity contribution in [2.24, 2.45) is 5.92 Å². The number of rotatable bonds is 3. The molecule has 3 rings (SSSR count). The molecule has 0 unspecified atom stereocenters. The van der Waals surface area contributed by atoms with Gasteiger partial charge in [-0.15, -0.1) is 11.8 Å². The molecular formula is C15H20O2S. The van der Waals surface area contributed by atoms with Crippen LogP contribution >= 0.6 is 11.8 Å². The van der Waals surface area contributed by atoms with Crippen molar-refractivity contribution in [3.63, 3.8) is 0 Å². The largest absolute Gasteiger partial charge is 0.348 e. The standard InChI is InChI=1S/C15H20O2S/c1-2-4-14(5-3-1)18-12-13-6-8-15(9-7-13)16-10-11-17-15/h1-5,13H,6-12H2. The minimum atomic E-state index is -0.200. The van der Waals surface area contributed by atoms with E-state index in [0.717, 1.165) is 32.0 Å². The quantitative estimate of drug-likeness (QED) is 0.775. The predicted molar refractivity (Wildman–Crippen MR) is 73.8 cm³/mol. The zero-order valence-electron chi connectivity index (χ0n) is 10.6. The van der Waals surface area contributed by atoms with Gasteiger partial charge in [-0.25, -0.2) is 0 Å². The lowest BCUT2D eigenvalue weighted by Crippen LogP contribution is -2.35.